The first-order valence-corrected chi connectivity index (χ1v) is 6.58. The number of para-hydroxylation sites is 1. The van der Waals surface area contributed by atoms with Crippen LogP contribution in [0.4, 0.5) is 11.4 Å². The van der Waals surface area contributed by atoms with Crippen LogP contribution in [0, 0.1) is 0 Å². The first-order valence-electron chi connectivity index (χ1n) is 6.20. The van der Waals surface area contributed by atoms with E-state index < -0.39 is 0 Å². The quantitative estimate of drug-likeness (QED) is 0.834. The number of carbonyl (C=O) groups excluding carboxylic acids is 1. The summed E-state index contributed by atoms with van der Waals surface area (Å²) in [5, 5.41) is 3.17. The SMILES string of the molecule is Nc1cccc(Cl)c1NC(=O)c1ccc2c(c1)COC2. The molecule has 2 aromatic rings. The lowest BCUT2D eigenvalue weighted by atomic mass is 10.1. The number of nitrogen functional groups attached to an aromatic ring is 1. The van der Waals surface area contributed by atoms with Gasteiger partial charge in [0.1, 0.15) is 0 Å². The maximum atomic E-state index is 12.3. The third-order valence-corrected chi connectivity index (χ3v) is 3.58. The van der Waals surface area contributed by atoms with E-state index in [9.17, 15) is 4.79 Å². The number of nitrogens with one attached hydrogen (secondary N) is 1. The Bertz CT molecular complexity index is 665. The zero-order valence-electron chi connectivity index (χ0n) is 10.7. The zero-order chi connectivity index (χ0) is 14.1. The largest absolute Gasteiger partial charge is 0.397 e. The van der Waals surface area contributed by atoms with E-state index in [-0.39, 0.29) is 5.91 Å². The van der Waals surface area contributed by atoms with E-state index in [1.54, 1.807) is 24.3 Å². The van der Waals surface area contributed by atoms with Crippen molar-refractivity contribution in [2.75, 3.05) is 11.1 Å². The van der Waals surface area contributed by atoms with E-state index in [2.05, 4.69) is 5.32 Å². The molecule has 5 heteroatoms. The number of benzene rings is 2. The number of amides is 1. The van der Waals surface area contributed by atoms with Crippen molar-refractivity contribution in [3.05, 3.63) is 58.1 Å². The molecule has 0 aliphatic carbocycles. The maximum Gasteiger partial charge on any atom is 0.255 e. The van der Waals surface area contributed by atoms with Crippen molar-refractivity contribution in [2.24, 2.45) is 0 Å². The van der Waals surface area contributed by atoms with Crippen molar-refractivity contribution >= 4 is 28.9 Å². The van der Waals surface area contributed by atoms with Gasteiger partial charge in [0.25, 0.3) is 5.91 Å². The van der Waals surface area contributed by atoms with Crippen LogP contribution in [0.5, 0.6) is 0 Å². The molecule has 0 saturated heterocycles. The van der Waals surface area contributed by atoms with E-state index in [0.29, 0.717) is 35.2 Å². The van der Waals surface area contributed by atoms with Gasteiger partial charge in [-0.25, -0.2) is 0 Å². The minimum absolute atomic E-state index is 0.237. The van der Waals surface area contributed by atoms with Crippen LogP contribution in [0.15, 0.2) is 36.4 Å². The molecule has 1 heterocycles. The molecule has 3 rings (SSSR count). The average Bonchev–Trinajstić information content (AvgIpc) is 2.90. The number of halogens is 1. The van der Waals surface area contributed by atoms with Crippen LogP contribution in [-0.4, -0.2) is 5.91 Å². The Balaban J connectivity index is 1.86. The minimum Gasteiger partial charge on any atom is -0.397 e. The van der Waals surface area contributed by atoms with Gasteiger partial charge in [0, 0.05) is 5.56 Å². The standard InChI is InChI=1S/C15H13ClN2O2/c16-12-2-1-3-13(17)14(12)18-15(19)9-4-5-10-7-20-8-11(10)6-9/h1-6H,7-8,17H2,(H,18,19). The number of anilines is 2. The second-order valence-electron chi connectivity index (χ2n) is 4.63. The Morgan fingerprint density at radius 2 is 2.00 bits per heavy atom. The Hall–Kier alpha value is -2.04. The van der Waals surface area contributed by atoms with E-state index in [1.807, 2.05) is 12.1 Å². The van der Waals surface area contributed by atoms with Crippen LogP contribution < -0.4 is 11.1 Å². The van der Waals surface area contributed by atoms with Gasteiger partial charge in [-0.1, -0.05) is 23.7 Å². The molecule has 2 aromatic carbocycles. The van der Waals surface area contributed by atoms with Crippen molar-refractivity contribution in [1.82, 2.24) is 0 Å². The molecule has 4 nitrogen and oxygen atoms in total. The van der Waals surface area contributed by atoms with Gasteiger partial charge in [-0.3, -0.25) is 4.79 Å². The molecule has 0 radical (unpaired) electrons. The number of nitrogens with two attached hydrogens (primary N) is 1. The Labute approximate surface area is 121 Å². The molecule has 1 amide bonds. The second-order valence-corrected chi connectivity index (χ2v) is 5.04. The molecular formula is C15H13ClN2O2. The Morgan fingerprint density at radius 1 is 1.20 bits per heavy atom. The monoisotopic (exact) mass is 288 g/mol. The molecule has 0 bridgehead atoms. The highest BCUT2D eigenvalue weighted by atomic mass is 35.5. The summed E-state index contributed by atoms with van der Waals surface area (Å²) in [5.41, 5.74) is 9.43. The third kappa shape index (κ3) is 2.35. The van der Waals surface area contributed by atoms with Gasteiger partial charge >= 0.3 is 0 Å². The number of rotatable bonds is 2. The van der Waals surface area contributed by atoms with Crippen molar-refractivity contribution in [2.45, 2.75) is 13.2 Å². The maximum absolute atomic E-state index is 12.3. The summed E-state index contributed by atoms with van der Waals surface area (Å²) in [5.74, 6) is -0.237. The number of carbonyl (C=O) groups is 1. The molecule has 0 fully saturated rings. The lowest BCUT2D eigenvalue weighted by Gasteiger charge is -2.10. The molecule has 102 valence electrons. The molecular weight excluding hydrogens is 276 g/mol. The summed E-state index contributed by atoms with van der Waals surface area (Å²) >= 11 is 6.04. The fourth-order valence-corrected chi connectivity index (χ4v) is 2.40. The second kappa shape index (κ2) is 5.15. The Kier molecular flexibility index (Phi) is 3.34. The predicted molar refractivity (Wildman–Crippen MR) is 78.8 cm³/mol. The molecule has 0 atom stereocenters. The molecule has 0 spiro atoms. The van der Waals surface area contributed by atoms with Gasteiger partial charge in [-0.05, 0) is 35.4 Å². The number of ether oxygens (including phenoxy) is 1. The molecule has 0 saturated carbocycles. The molecule has 0 unspecified atom stereocenters. The molecule has 3 N–H and O–H groups in total. The Morgan fingerprint density at radius 3 is 2.80 bits per heavy atom. The van der Waals surface area contributed by atoms with Crippen molar-refractivity contribution in [3.63, 3.8) is 0 Å². The van der Waals surface area contributed by atoms with Gasteiger partial charge in [-0.15, -0.1) is 0 Å². The van der Waals surface area contributed by atoms with Gasteiger partial charge in [-0.2, -0.15) is 0 Å². The summed E-state index contributed by atoms with van der Waals surface area (Å²) in [4.78, 5) is 12.3. The molecule has 20 heavy (non-hydrogen) atoms. The van der Waals surface area contributed by atoms with E-state index in [0.717, 1.165) is 11.1 Å². The predicted octanol–water partition coefficient (Wildman–Crippen LogP) is 3.20. The van der Waals surface area contributed by atoms with Gasteiger partial charge in [0.2, 0.25) is 0 Å². The molecule has 1 aliphatic rings. The summed E-state index contributed by atoms with van der Waals surface area (Å²) in [7, 11) is 0. The fourth-order valence-electron chi connectivity index (χ4n) is 2.17. The van der Waals surface area contributed by atoms with Crippen molar-refractivity contribution < 1.29 is 9.53 Å². The van der Waals surface area contributed by atoms with Crippen LogP contribution >= 0.6 is 11.6 Å². The van der Waals surface area contributed by atoms with Gasteiger partial charge < -0.3 is 15.8 Å². The van der Waals surface area contributed by atoms with Crippen molar-refractivity contribution in [1.29, 1.82) is 0 Å². The average molecular weight is 289 g/mol. The normalized spacial score (nSPS) is 13.1. The van der Waals surface area contributed by atoms with E-state index in [1.165, 1.54) is 0 Å². The van der Waals surface area contributed by atoms with Crippen LogP contribution in [0.3, 0.4) is 0 Å². The first-order chi connectivity index (χ1) is 9.65. The number of hydrogen-bond acceptors (Lipinski definition) is 3. The zero-order valence-corrected chi connectivity index (χ0v) is 11.4. The summed E-state index contributed by atoms with van der Waals surface area (Å²) in [6, 6.07) is 10.6. The van der Waals surface area contributed by atoms with Crippen LogP contribution in [0.1, 0.15) is 21.5 Å². The van der Waals surface area contributed by atoms with E-state index >= 15 is 0 Å². The highest BCUT2D eigenvalue weighted by Crippen LogP contribution is 2.28. The topological polar surface area (TPSA) is 64.3 Å². The molecule has 0 aromatic heterocycles. The highest BCUT2D eigenvalue weighted by Gasteiger charge is 2.15. The highest BCUT2D eigenvalue weighted by molar-refractivity contribution is 6.34. The van der Waals surface area contributed by atoms with E-state index in [4.69, 9.17) is 22.1 Å². The van der Waals surface area contributed by atoms with Crippen LogP contribution in [-0.2, 0) is 18.0 Å². The third-order valence-electron chi connectivity index (χ3n) is 3.27. The fraction of sp³-hybridized carbons (Fsp3) is 0.133. The number of hydrogen-bond donors (Lipinski definition) is 2. The first kappa shape index (κ1) is 13.0. The molecule has 1 aliphatic heterocycles. The van der Waals surface area contributed by atoms with Crippen molar-refractivity contribution in [3.8, 4) is 0 Å². The summed E-state index contributed by atoms with van der Waals surface area (Å²) in [6.07, 6.45) is 0. The smallest absolute Gasteiger partial charge is 0.255 e. The summed E-state index contributed by atoms with van der Waals surface area (Å²) in [6.45, 7) is 1.15. The lowest BCUT2D eigenvalue weighted by molar-refractivity contribution is 0.102. The summed E-state index contributed by atoms with van der Waals surface area (Å²) < 4.78 is 5.33. The lowest BCUT2D eigenvalue weighted by Crippen LogP contribution is -2.14. The number of fused-ring (bicyclic) bond motifs is 1. The minimum atomic E-state index is -0.237. The van der Waals surface area contributed by atoms with Crippen LogP contribution in [0.25, 0.3) is 0 Å². The van der Waals surface area contributed by atoms with Gasteiger partial charge in [0.15, 0.2) is 0 Å². The van der Waals surface area contributed by atoms with Crippen LogP contribution in [0.2, 0.25) is 5.02 Å². The van der Waals surface area contributed by atoms with Gasteiger partial charge in [0.05, 0.1) is 29.6 Å².